The molecule has 2 amide bonds. The molecule has 150 valence electrons. The number of imidazole rings is 1. The summed E-state index contributed by atoms with van der Waals surface area (Å²) < 4.78 is 0. The van der Waals surface area contributed by atoms with Crippen molar-refractivity contribution >= 4 is 11.8 Å². The molecule has 0 bridgehead atoms. The maximum atomic E-state index is 12.7. The molecule has 2 N–H and O–H groups in total. The van der Waals surface area contributed by atoms with Crippen molar-refractivity contribution in [3.8, 4) is 0 Å². The van der Waals surface area contributed by atoms with Gasteiger partial charge in [-0.25, -0.2) is 4.98 Å². The summed E-state index contributed by atoms with van der Waals surface area (Å²) >= 11 is 0. The minimum Gasteiger partial charge on any atom is -0.346 e. The molecule has 2 fully saturated rings. The summed E-state index contributed by atoms with van der Waals surface area (Å²) in [5, 5.41) is 3.29. The number of hydrogen-bond donors (Lipinski definition) is 2. The Labute approximate surface area is 161 Å². The first-order chi connectivity index (χ1) is 12.9. The fourth-order valence-corrected chi connectivity index (χ4v) is 4.10. The average molecular weight is 376 g/mol. The molecule has 0 saturated carbocycles. The number of H-pyrrole nitrogens is 1. The van der Waals surface area contributed by atoms with E-state index in [0.717, 1.165) is 56.8 Å². The Balaban J connectivity index is 1.45. The van der Waals surface area contributed by atoms with Gasteiger partial charge in [-0.1, -0.05) is 13.8 Å². The van der Waals surface area contributed by atoms with Crippen LogP contribution in [0.1, 0.15) is 44.6 Å². The number of nitrogens with zero attached hydrogens (tertiary/aromatic N) is 3. The topological polar surface area (TPSA) is 81.3 Å². The molecule has 1 aromatic heterocycles. The Bertz CT molecular complexity index is 649. The van der Waals surface area contributed by atoms with Gasteiger partial charge in [0.05, 0.1) is 12.6 Å². The highest BCUT2D eigenvalue weighted by atomic mass is 16.2. The minimum absolute atomic E-state index is 0.0753. The van der Waals surface area contributed by atoms with Gasteiger partial charge in [0.15, 0.2) is 0 Å². The summed E-state index contributed by atoms with van der Waals surface area (Å²) in [5.41, 5.74) is 1.09. The number of amides is 2. The lowest BCUT2D eigenvalue weighted by Crippen LogP contribution is -2.57. The predicted molar refractivity (Wildman–Crippen MR) is 104 cm³/mol. The molecule has 2 aliphatic rings. The number of piperidine rings is 1. The van der Waals surface area contributed by atoms with Crippen LogP contribution >= 0.6 is 0 Å². The Morgan fingerprint density at radius 1 is 1.30 bits per heavy atom. The molecular formula is C20H33N5O2. The largest absolute Gasteiger partial charge is 0.346 e. The van der Waals surface area contributed by atoms with Gasteiger partial charge in [-0.15, -0.1) is 0 Å². The molecule has 7 heteroatoms. The van der Waals surface area contributed by atoms with Crippen molar-refractivity contribution < 1.29 is 9.59 Å². The SMILES string of the molecule is Cc1cnc(CC2CCN(C(=O)CN3CCN[C@@H](CC(C)C)C3=O)CC2)[nH]1. The molecule has 7 nitrogen and oxygen atoms in total. The number of hydrogen-bond acceptors (Lipinski definition) is 4. The number of carbonyl (C=O) groups excluding carboxylic acids is 2. The van der Waals surface area contributed by atoms with E-state index in [1.807, 2.05) is 18.0 Å². The zero-order chi connectivity index (χ0) is 19.4. The Hall–Kier alpha value is -1.89. The summed E-state index contributed by atoms with van der Waals surface area (Å²) in [6.07, 6.45) is 5.63. The van der Waals surface area contributed by atoms with Gasteiger partial charge >= 0.3 is 0 Å². The van der Waals surface area contributed by atoms with Crippen LogP contribution in [0.15, 0.2) is 6.20 Å². The summed E-state index contributed by atoms with van der Waals surface area (Å²) in [7, 11) is 0. The van der Waals surface area contributed by atoms with E-state index in [2.05, 4.69) is 29.1 Å². The number of rotatable bonds is 6. The third kappa shape index (κ3) is 5.31. The second-order valence-electron chi connectivity index (χ2n) is 8.44. The Morgan fingerprint density at radius 3 is 2.67 bits per heavy atom. The number of aromatic amines is 1. The van der Waals surface area contributed by atoms with Crippen LogP contribution in [-0.2, 0) is 16.0 Å². The highest BCUT2D eigenvalue weighted by molar-refractivity contribution is 5.88. The number of likely N-dealkylation sites (tertiary alicyclic amines) is 1. The van der Waals surface area contributed by atoms with E-state index in [1.165, 1.54) is 0 Å². The third-order valence-electron chi connectivity index (χ3n) is 5.62. The second-order valence-corrected chi connectivity index (χ2v) is 8.44. The monoisotopic (exact) mass is 375 g/mol. The highest BCUT2D eigenvalue weighted by Crippen LogP contribution is 2.21. The number of aryl methyl sites for hydroxylation is 1. The van der Waals surface area contributed by atoms with Crippen LogP contribution in [0.25, 0.3) is 0 Å². The van der Waals surface area contributed by atoms with Crippen LogP contribution in [0, 0.1) is 18.8 Å². The lowest BCUT2D eigenvalue weighted by Gasteiger charge is -2.36. The minimum atomic E-state index is -0.144. The molecule has 27 heavy (non-hydrogen) atoms. The van der Waals surface area contributed by atoms with Crippen molar-refractivity contribution in [1.82, 2.24) is 25.1 Å². The third-order valence-corrected chi connectivity index (χ3v) is 5.62. The number of carbonyl (C=O) groups is 2. The lowest BCUT2D eigenvalue weighted by molar-refractivity contribution is -0.144. The maximum Gasteiger partial charge on any atom is 0.242 e. The van der Waals surface area contributed by atoms with Crippen molar-refractivity contribution in [2.24, 2.45) is 11.8 Å². The zero-order valence-electron chi connectivity index (χ0n) is 16.8. The quantitative estimate of drug-likeness (QED) is 0.786. The summed E-state index contributed by atoms with van der Waals surface area (Å²) in [5.74, 6) is 2.22. The van der Waals surface area contributed by atoms with E-state index < -0.39 is 0 Å². The molecule has 0 radical (unpaired) electrons. The van der Waals surface area contributed by atoms with Crippen LogP contribution in [-0.4, -0.2) is 70.3 Å². The van der Waals surface area contributed by atoms with Gasteiger partial charge < -0.3 is 20.1 Å². The molecule has 1 atom stereocenters. The van der Waals surface area contributed by atoms with Crippen LogP contribution in [0.3, 0.4) is 0 Å². The second kappa shape index (κ2) is 8.87. The van der Waals surface area contributed by atoms with Crippen molar-refractivity contribution in [3.63, 3.8) is 0 Å². The normalized spacial score (nSPS) is 21.9. The number of nitrogens with one attached hydrogen (secondary N) is 2. The van der Waals surface area contributed by atoms with Gasteiger partial charge in [-0.2, -0.15) is 0 Å². The fraction of sp³-hybridized carbons (Fsp3) is 0.750. The van der Waals surface area contributed by atoms with Crippen LogP contribution in [0.2, 0.25) is 0 Å². The van der Waals surface area contributed by atoms with Crippen molar-refractivity contribution in [1.29, 1.82) is 0 Å². The van der Waals surface area contributed by atoms with Crippen molar-refractivity contribution in [3.05, 3.63) is 17.7 Å². The standard InChI is InChI=1S/C20H33N5O2/c1-14(2)10-17-20(27)25(9-6-21-17)13-19(26)24-7-4-16(5-8-24)11-18-22-12-15(3)23-18/h12,14,16-17,21H,4-11,13H2,1-3H3,(H,22,23)/t17-/m0/s1. The van der Waals surface area contributed by atoms with Gasteiger partial charge in [0.1, 0.15) is 5.82 Å². The van der Waals surface area contributed by atoms with Crippen molar-refractivity contribution in [2.45, 2.75) is 52.5 Å². The first-order valence-corrected chi connectivity index (χ1v) is 10.2. The van der Waals surface area contributed by atoms with E-state index in [9.17, 15) is 9.59 Å². The van der Waals surface area contributed by atoms with Crippen molar-refractivity contribution in [2.75, 3.05) is 32.7 Å². The summed E-state index contributed by atoms with van der Waals surface area (Å²) in [4.78, 5) is 36.7. The molecule has 0 aliphatic carbocycles. The van der Waals surface area contributed by atoms with Crippen LogP contribution in [0.5, 0.6) is 0 Å². The van der Waals surface area contributed by atoms with E-state index in [4.69, 9.17) is 0 Å². The molecule has 2 saturated heterocycles. The Kier molecular flexibility index (Phi) is 6.52. The molecule has 3 rings (SSSR count). The van der Waals surface area contributed by atoms with Crippen LogP contribution < -0.4 is 5.32 Å². The predicted octanol–water partition coefficient (Wildman–Crippen LogP) is 1.35. The van der Waals surface area contributed by atoms with E-state index >= 15 is 0 Å². The molecule has 0 spiro atoms. The molecule has 0 unspecified atom stereocenters. The van der Waals surface area contributed by atoms with E-state index in [1.54, 1.807) is 4.90 Å². The smallest absolute Gasteiger partial charge is 0.242 e. The molecule has 3 heterocycles. The number of piperazine rings is 1. The van der Waals surface area contributed by atoms with Gasteiger partial charge in [0.25, 0.3) is 0 Å². The lowest BCUT2D eigenvalue weighted by atomic mass is 9.93. The zero-order valence-corrected chi connectivity index (χ0v) is 16.8. The first-order valence-electron chi connectivity index (χ1n) is 10.2. The Morgan fingerprint density at radius 2 is 2.04 bits per heavy atom. The van der Waals surface area contributed by atoms with Gasteiger partial charge in [0, 0.05) is 44.5 Å². The van der Waals surface area contributed by atoms with E-state index in [-0.39, 0.29) is 24.4 Å². The summed E-state index contributed by atoms with van der Waals surface area (Å²) in [6, 6.07) is -0.144. The van der Waals surface area contributed by atoms with Crippen LogP contribution in [0.4, 0.5) is 0 Å². The summed E-state index contributed by atoms with van der Waals surface area (Å²) in [6.45, 7) is 9.41. The molecule has 2 aliphatic heterocycles. The van der Waals surface area contributed by atoms with E-state index in [0.29, 0.717) is 18.4 Å². The van der Waals surface area contributed by atoms with Gasteiger partial charge in [0.2, 0.25) is 11.8 Å². The fourth-order valence-electron chi connectivity index (χ4n) is 4.10. The van der Waals surface area contributed by atoms with Gasteiger partial charge in [-0.05, 0) is 38.0 Å². The molecular weight excluding hydrogens is 342 g/mol. The maximum absolute atomic E-state index is 12.7. The number of aromatic nitrogens is 2. The molecule has 1 aromatic rings. The average Bonchev–Trinajstić information content (AvgIpc) is 3.03. The highest BCUT2D eigenvalue weighted by Gasteiger charge is 2.31. The molecule has 0 aromatic carbocycles. The first kappa shape index (κ1) is 19.9. The van der Waals surface area contributed by atoms with Gasteiger partial charge in [-0.3, -0.25) is 9.59 Å².